The highest BCUT2D eigenvalue weighted by molar-refractivity contribution is 5.56. The molecule has 0 bridgehead atoms. The van der Waals surface area contributed by atoms with Crippen LogP contribution < -0.4 is 19.7 Å². The van der Waals surface area contributed by atoms with Crippen molar-refractivity contribution in [2.24, 2.45) is 0 Å². The molecule has 1 aliphatic heterocycles. The van der Waals surface area contributed by atoms with Gasteiger partial charge in [0, 0.05) is 37.9 Å². The van der Waals surface area contributed by atoms with Crippen molar-refractivity contribution in [3.05, 3.63) is 18.2 Å². The van der Waals surface area contributed by atoms with Gasteiger partial charge in [0.25, 0.3) is 0 Å². The smallest absolute Gasteiger partial charge is 0.162 e. The molecule has 1 aromatic carbocycles. The summed E-state index contributed by atoms with van der Waals surface area (Å²) >= 11 is 0. The molecule has 1 saturated heterocycles. The largest absolute Gasteiger partial charge is 0.493 e. The standard InChI is InChI=1S/C13H20N2O2/c1-3-17-12-5-4-11(10-13(12)16-2)15-8-6-14-7-9-15/h4-5,10,14H,3,6-9H2,1-2H3. The molecule has 0 aliphatic carbocycles. The van der Waals surface area contributed by atoms with Crippen molar-refractivity contribution in [3.8, 4) is 11.5 Å². The Morgan fingerprint density at radius 1 is 1.24 bits per heavy atom. The topological polar surface area (TPSA) is 33.7 Å². The average molecular weight is 236 g/mol. The normalized spacial score (nSPS) is 15.8. The molecule has 0 spiro atoms. The van der Waals surface area contributed by atoms with Gasteiger partial charge >= 0.3 is 0 Å². The molecule has 0 unspecified atom stereocenters. The van der Waals surface area contributed by atoms with Crippen molar-refractivity contribution in [2.75, 3.05) is 44.8 Å². The molecule has 0 saturated carbocycles. The summed E-state index contributed by atoms with van der Waals surface area (Å²) in [6.07, 6.45) is 0. The first-order valence-corrected chi connectivity index (χ1v) is 6.11. The van der Waals surface area contributed by atoms with Gasteiger partial charge in [0.1, 0.15) is 0 Å². The summed E-state index contributed by atoms with van der Waals surface area (Å²) in [7, 11) is 1.68. The van der Waals surface area contributed by atoms with Gasteiger partial charge in [-0.1, -0.05) is 0 Å². The maximum atomic E-state index is 5.51. The number of piperazine rings is 1. The lowest BCUT2D eigenvalue weighted by Crippen LogP contribution is -2.43. The molecule has 0 amide bonds. The van der Waals surface area contributed by atoms with Crippen LogP contribution >= 0.6 is 0 Å². The van der Waals surface area contributed by atoms with E-state index in [1.807, 2.05) is 13.0 Å². The summed E-state index contributed by atoms with van der Waals surface area (Å²) in [6, 6.07) is 6.13. The van der Waals surface area contributed by atoms with Gasteiger partial charge < -0.3 is 19.7 Å². The van der Waals surface area contributed by atoms with Crippen LogP contribution in [0.25, 0.3) is 0 Å². The lowest BCUT2D eigenvalue weighted by molar-refractivity contribution is 0.311. The molecular formula is C13H20N2O2. The first-order chi connectivity index (χ1) is 8.35. The Bertz CT molecular complexity index is 362. The van der Waals surface area contributed by atoms with E-state index in [4.69, 9.17) is 9.47 Å². The quantitative estimate of drug-likeness (QED) is 0.859. The van der Waals surface area contributed by atoms with Crippen LogP contribution in [0.4, 0.5) is 5.69 Å². The second kappa shape index (κ2) is 5.77. The molecule has 4 heteroatoms. The van der Waals surface area contributed by atoms with Crippen molar-refractivity contribution >= 4 is 5.69 Å². The Kier molecular flexibility index (Phi) is 4.09. The van der Waals surface area contributed by atoms with Gasteiger partial charge in [0.05, 0.1) is 13.7 Å². The third-order valence-corrected chi connectivity index (χ3v) is 2.93. The van der Waals surface area contributed by atoms with E-state index in [2.05, 4.69) is 22.3 Å². The van der Waals surface area contributed by atoms with Crippen LogP contribution in [0.5, 0.6) is 11.5 Å². The third-order valence-electron chi connectivity index (χ3n) is 2.93. The zero-order valence-corrected chi connectivity index (χ0v) is 10.5. The fourth-order valence-electron chi connectivity index (χ4n) is 2.05. The molecule has 2 rings (SSSR count). The number of methoxy groups -OCH3 is 1. The van der Waals surface area contributed by atoms with Gasteiger partial charge in [-0.15, -0.1) is 0 Å². The summed E-state index contributed by atoms with van der Waals surface area (Å²) in [5.74, 6) is 1.62. The molecule has 94 valence electrons. The lowest BCUT2D eigenvalue weighted by Gasteiger charge is -2.29. The summed E-state index contributed by atoms with van der Waals surface area (Å²) in [5.41, 5.74) is 1.20. The van der Waals surface area contributed by atoms with Crippen LogP contribution in [0.15, 0.2) is 18.2 Å². The second-order valence-electron chi connectivity index (χ2n) is 4.01. The van der Waals surface area contributed by atoms with Crippen LogP contribution in [0.2, 0.25) is 0 Å². The molecule has 4 nitrogen and oxygen atoms in total. The van der Waals surface area contributed by atoms with Crippen molar-refractivity contribution in [1.82, 2.24) is 5.32 Å². The van der Waals surface area contributed by atoms with Gasteiger partial charge in [-0.25, -0.2) is 0 Å². The van der Waals surface area contributed by atoms with E-state index in [1.165, 1.54) is 5.69 Å². The maximum Gasteiger partial charge on any atom is 0.162 e. The SMILES string of the molecule is CCOc1ccc(N2CCNCC2)cc1OC. The number of rotatable bonds is 4. The minimum absolute atomic E-state index is 0.656. The molecule has 1 aromatic rings. The van der Waals surface area contributed by atoms with Crippen LogP contribution in [0.1, 0.15) is 6.92 Å². The fraction of sp³-hybridized carbons (Fsp3) is 0.538. The minimum Gasteiger partial charge on any atom is -0.493 e. The van der Waals surface area contributed by atoms with E-state index in [0.717, 1.165) is 37.7 Å². The van der Waals surface area contributed by atoms with Crippen molar-refractivity contribution in [3.63, 3.8) is 0 Å². The Labute approximate surface area is 103 Å². The predicted octanol–water partition coefficient (Wildman–Crippen LogP) is 1.50. The highest BCUT2D eigenvalue weighted by Gasteiger charge is 2.13. The third kappa shape index (κ3) is 2.82. The average Bonchev–Trinajstić information content (AvgIpc) is 2.40. The number of benzene rings is 1. The van der Waals surface area contributed by atoms with E-state index in [0.29, 0.717) is 6.61 Å². The Balaban J connectivity index is 2.17. The van der Waals surface area contributed by atoms with E-state index in [-0.39, 0.29) is 0 Å². The van der Waals surface area contributed by atoms with Crippen LogP contribution in [0.3, 0.4) is 0 Å². The predicted molar refractivity (Wildman–Crippen MR) is 69.2 cm³/mol. The highest BCUT2D eigenvalue weighted by Crippen LogP contribution is 2.31. The molecule has 17 heavy (non-hydrogen) atoms. The molecular weight excluding hydrogens is 216 g/mol. The molecule has 1 aliphatic rings. The Morgan fingerprint density at radius 3 is 2.65 bits per heavy atom. The number of hydrogen-bond acceptors (Lipinski definition) is 4. The number of hydrogen-bond donors (Lipinski definition) is 1. The van der Waals surface area contributed by atoms with E-state index >= 15 is 0 Å². The summed E-state index contributed by atoms with van der Waals surface area (Å²) < 4.78 is 10.9. The molecule has 1 heterocycles. The maximum absolute atomic E-state index is 5.51. The van der Waals surface area contributed by atoms with Crippen molar-refractivity contribution in [2.45, 2.75) is 6.92 Å². The molecule has 0 radical (unpaired) electrons. The monoisotopic (exact) mass is 236 g/mol. The first kappa shape index (κ1) is 12.0. The van der Waals surface area contributed by atoms with Crippen molar-refractivity contribution < 1.29 is 9.47 Å². The number of anilines is 1. The lowest BCUT2D eigenvalue weighted by atomic mass is 10.2. The fourth-order valence-corrected chi connectivity index (χ4v) is 2.05. The first-order valence-electron chi connectivity index (χ1n) is 6.11. The summed E-state index contributed by atoms with van der Waals surface area (Å²) in [4.78, 5) is 2.36. The summed E-state index contributed by atoms with van der Waals surface area (Å²) in [6.45, 7) is 6.78. The Morgan fingerprint density at radius 2 is 2.00 bits per heavy atom. The summed E-state index contributed by atoms with van der Waals surface area (Å²) in [5, 5.41) is 3.35. The van der Waals surface area contributed by atoms with E-state index in [9.17, 15) is 0 Å². The second-order valence-corrected chi connectivity index (χ2v) is 4.01. The highest BCUT2D eigenvalue weighted by atomic mass is 16.5. The minimum atomic E-state index is 0.656. The number of nitrogens with one attached hydrogen (secondary N) is 1. The zero-order valence-electron chi connectivity index (χ0n) is 10.5. The zero-order chi connectivity index (χ0) is 12.1. The number of ether oxygens (including phenoxy) is 2. The van der Waals surface area contributed by atoms with Gasteiger partial charge in [-0.3, -0.25) is 0 Å². The number of nitrogens with zero attached hydrogens (tertiary/aromatic N) is 1. The molecule has 0 aromatic heterocycles. The van der Waals surface area contributed by atoms with Gasteiger partial charge in [0.15, 0.2) is 11.5 Å². The van der Waals surface area contributed by atoms with Crippen LogP contribution in [-0.4, -0.2) is 39.9 Å². The van der Waals surface area contributed by atoms with Gasteiger partial charge in [0.2, 0.25) is 0 Å². The molecule has 1 N–H and O–H groups in total. The van der Waals surface area contributed by atoms with E-state index < -0.39 is 0 Å². The van der Waals surface area contributed by atoms with E-state index in [1.54, 1.807) is 7.11 Å². The molecule has 1 fully saturated rings. The van der Waals surface area contributed by atoms with Gasteiger partial charge in [-0.2, -0.15) is 0 Å². The van der Waals surface area contributed by atoms with Crippen LogP contribution in [0, 0.1) is 0 Å². The van der Waals surface area contributed by atoms with Gasteiger partial charge in [-0.05, 0) is 19.1 Å². The van der Waals surface area contributed by atoms with Crippen LogP contribution in [-0.2, 0) is 0 Å². The van der Waals surface area contributed by atoms with Crippen molar-refractivity contribution in [1.29, 1.82) is 0 Å². The molecule has 0 atom stereocenters. The Hall–Kier alpha value is -1.42.